The Hall–Kier alpha value is -3.00. The maximum atomic E-state index is 13.8. The molecule has 0 spiro atoms. The Morgan fingerprint density at radius 1 is 0.927 bits per heavy atom. The molecule has 0 saturated heterocycles. The number of hydrogen-bond acceptors (Lipinski definition) is 4. The minimum absolute atomic E-state index is 0.0744. The molecule has 1 N–H and O–H groups in total. The van der Waals surface area contributed by atoms with Crippen LogP contribution in [0.2, 0.25) is 0 Å². The van der Waals surface area contributed by atoms with Crippen molar-refractivity contribution in [1.82, 2.24) is 0 Å². The summed E-state index contributed by atoms with van der Waals surface area (Å²) in [5.74, 6) is -3.41. The number of carbonyl (C=O) groups excluding carboxylic acids is 1. The fourth-order valence-electron chi connectivity index (χ4n) is 5.17. The predicted molar refractivity (Wildman–Crippen MR) is 129 cm³/mol. The highest BCUT2D eigenvalue weighted by atomic mass is 19.4. The molecule has 0 saturated carbocycles. The van der Waals surface area contributed by atoms with Crippen LogP contribution < -0.4 is 4.90 Å². The number of nitrogens with zero attached hydrogens (tertiary/aromatic N) is 1. The van der Waals surface area contributed by atoms with E-state index < -0.39 is 77.0 Å². The molecule has 0 aromatic heterocycles. The largest absolute Gasteiger partial charge is 0.449 e. The van der Waals surface area contributed by atoms with Gasteiger partial charge in [0.1, 0.15) is 0 Å². The normalized spacial score (nSPS) is 19.6. The first-order chi connectivity index (χ1) is 18.8. The molecule has 0 bridgehead atoms. The summed E-state index contributed by atoms with van der Waals surface area (Å²) in [6, 6.07) is 2.31. The topological polar surface area (TPSA) is 59.0 Å². The lowest BCUT2D eigenvalue weighted by molar-refractivity contribution is -0.143. The fraction of sp³-hybridized carbons (Fsp3) is 0.519. The van der Waals surface area contributed by atoms with Gasteiger partial charge in [0.2, 0.25) is 0 Å². The number of halogens is 9. The zero-order valence-electron chi connectivity index (χ0n) is 22.3. The molecule has 1 aliphatic rings. The van der Waals surface area contributed by atoms with Gasteiger partial charge < -0.3 is 14.6 Å². The third kappa shape index (κ3) is 6.91. The minimum Gasteiger partial charge on any atom is -0.449 e. The second-order valence-corrected chi connectivity index (χ2v) is 9.99. The Balaban J connectivity index is 2.38. The van der Waals surface area contributed by atoms with Crippen molar-refractivity contribution in [2.75, 3.05) is 18.6 Å². The van der Waals surface area contributed by atoms with E-state index in [2.05, 4.69) is 0 Å². The van der Waals surface area contributed by atoms with Gasteiger partial charge in [-0.05, 0) is 72.7 Å². The number of ether oxygens (including phenoxy) is 2. The third-order valence-corrected chi connectivity index (χ3v) is 7.05. The van der Waals surface area contributed by atoms with Gasteiger partial charge in [-0.3, -0.25) is 4.90 Å². The maximum absolute atomic E-state index is 13.8. The lowest BCUT2D eigenvalue weighted by atomic mass is 9.71. The molecule has 0 fully saturated rings. The molecule has 1 aliphatic heterocycles. The second-order valence-electron chi connectivity index (χ2n) is 9.99. The molecule has 0 aliphatic carbocycles. The van der Waals surface area contributed by atoms with Gasteiger partial charge in [-0.1, -0.05) is 13.8 Å². The quantitative estimate of drug-likeness (QED) is 0.270. The van der Waals surface area contributed by atoms with Crippen LogP contribution in [0.1, 0.15) is 66.8 Å². The first-order valence-corrected chi connectivity index (χ1v) is 12.5. The van der Waals surface area contributed by atoms with Crippen LogP contribution in [0.3, 0.4) is 0 Å². The number of rotatable bonds is 6. The highest BCUT2D eigenvalue weighted by molar-refractivity contribution is 5.90. The Morgan fingerprint density at radius 3 is 1.90 bits per heavy atom. The van der Waals surface area contributed by atoms with E-state index in [0.717, 1.165) is 18.1 Å². The number of carbonyl (C=O) groups is 1. The van der Waals surface area contributed by atoms with E-state index in [4.69, 9.17) is 9.47 Å². The van der Waals surface area contributed by atoms with Gasteiger partial charge in [0, 0.05) is 19.1 Å². The van der Waals surface area contributed by atoms with Crippen LogP contribution in [-0.4, -0.2) is 37.2 Å². The molecule has 228 valence electrons. The molecule has 3 rings (SSSR count). The zero-order chi connectivity index (χ0) is 31.1. The van der Waals surface area contributed by atoms with Crippen molar-refractivity contribution >= 4 is 11.8 Å². The van der Waals surface area contributed by atoms with Crippen molar-refractivity contribution in [1.29, 1.82) is 0 Å². The number of benzene rings is 2. The Labute approximate surface area is 229 Å². The minimum atomic E-state index is -5.21. The molecular weight excluding hydrogens is 573 g/mol. The summed E-state index contributed by atoms with van der Waals surface area (Å²) >= 11 is 0. The Bertz CT molecular complexity index is 1210. The van der Waals surface area contributed by atoms with Crippen LogP contribution in [0.5, 0.6) is 0 Å². The molecular formula is C27H28F9NO4. The lowest BCUT2D eigenvalue weighted by Crippen LogP contribution is -2.49. The SMILES string of the molecule is CCOC(=O)N1c2ccc(C(F)(F)F)cc2[C@@H](C(c2cc(C(F)(F)F)cc(C(F)(F)F)c2)C(O)OC)C[C@H]1C(C)C. The standard InChI is InChI=1S/C27H28F9NO4/c1-5-41-24(39)37-20-7-6-15(25(28,29)30)11-18(20)19(12-21(37)13(2)3)22(23(38)40-4)14-8-16(26(31,32)33)10-17(9-14)27(34,35)36/h6-11,13,19,21-23,38H,5,12H2,1-4H3/t19-,21-,22?,23?/m0/s1. The van der Waals surface area contributed by atoms with Crippen LogP contribution in [-0.2, 0) is 28.0 Å². The van der Waals surface area contributed by atoms with Gasteiger partial charge in [-0.15, -0.1) is 0 Å². The summed E-state index contributed by atoms with van der Waals surface area (Å²) in [4.78, 5) is 14.1. The summed E-state index contributed by atoms with van der Waals surface area (Å²) in [7, 11) is 0.955. The molecule has 0 radical (unpaired) electrons. The van der Waals surface area contributed by atoms with Crippen molar-refractivity contribution < 1.29 is 58.9 Å². The molecule has 1 heterocycles. The number of aliphatic hydroxyl groups is 1. The van der Waals surface area contributed by atoms with E-state index in [1.807, 2.05) is 0 Å². The van der Waals surface area contributed by atoms with E-state index >= 15 is 0 Å². The number of aliphatic hydroxyl groups excluding tert-OH is 1. The number of anilines is 1. The zero-order valence-corrected chi connectivity index (χ0v) is 22.3. The second kappa shape index (κ2) is 11.7. The summed E-state index contributed by atoms with van der Waals surface area (Å²) in [6.07, 6.45) is -18.5. The number of methoxy groups -OCH3 is 1. The van der Waals surface area contributed by atoms with Crippen LogP contribution in [0.25, 0.3) is 0 Å². The first-order valence-electron chi connectivity index (χ1n) is 12.5. The van der Waals surface area contributed by atoms with Gasteiger partial charge in [0.25, 0.3) is 0 Å². The van der Waals surface area contributed by atoms with Crippen LogP contribution >= 0.6 is 0 Å². The number of alkyl halides is 9. The molecule has 2 unspecified atom stereocenters. The first kappa shape index (κ1) is 32.5. The van der Waals surface area contributed by atoms with E-state index in [1.165, 1.54) is 6.92 Å². The molecule has 5 nitrogen and oxygen atoms in total. The summed E-state index contributed by atoms with van der Waals surface area (Å²) < 4.78 is 133. The number of fused-ring (bicyclic) bond motifs is 1. The van der Waals surface area contributed by atoms with Gasteiger partial charge in [0.05, 0.1) is 29.0 Å². The summed E-state index contributed by atoms with van der Waals surface area (Å²) in [5, 5.41) is 10.8. The van der Waals surface area contributed by atoms with Crippen molar-refractivity contribution in [2.24, 2.45) is 5.92 Å². The van der Waals surface area contributed by atoms with E-state index in [9.17, 15) is 49.4 Å². The summed E-state index contributed by atoms with van der Waals surface area (Å²) in [6.45, 7) is 4.79. The maximum Gasteiger partial charge on any atom is 0.416 e. The predicted octanol–water partition coefficient (Wildman–Crippen LogP) is 7.97. The highest BCUT2D eigenvalue weighted by Crippen LogP contribution is 2.51. The third-order valence-electron chi connectivity index (χ3n) is 7.05. The lowest BCUT2D eigenvalue weighted by Gasteiger charge is -2.45. The van der Waals surface area contributed by atoms with Gasteiger partial charge in [-0.25, -0.2) is 4.79 Å². The smallest absolute Gasteiger partial charge is 0.416 e. The number of amides is 1. The molecule has 2 aromatic carbocycles. The molecule has 1 amide bonds. The van der Waals surface area contributed by atoms with E-state index in [1.54, 1.807) is 13.8 Å². The summed E-state index contributed by atoms with van der Waals surface area (Å²) in [5.41, 5.74) is -5.45. The van der Waals surface area contributed by atoms with Gasteiger partial charge >= 0.3 is 24.6 Å². The van der Waals surface area contributed by atoms with Crippen LogP contribution in [0, 0.1) is 5.92 Å². The van der Waals surface area contributed by atoms with Crippen molar-refractivity contribution in [3.63, 3.8) is 0 Å². The number of hydrogen-bond donors (Lipinski definition) is 1. The van der Waals surface area contributed by atoms with Gasteiger partial charge in [0.15, 0.2) is 6.29 Å². The average molecular weight is 602 g/mol. The monoisotopic (exact) mass is 601 g/mol. The van der Waals surface area contributed by atoms with Crippen molar-refractivity contribution in [2.45, 2.75) is 69.9 Å². The Morgan fingerprint density at radius 2 is 1.46 bits per heavy atom. The van der Waals surface area contributed by atoms with Gasteiger partial charge in [-0.2, -0.15) is 39.5 Å². The van der Waals surface area contributed by atoms with Crippen LogP contribution in [0.4, 0.5) is 50.0 Å². The average Bonchev–Trinajstić information content (AvgIpc) is 2.86. The Kier molecular flexibility index (Phi) is 9.28. The molecule has 4 atom stereocenters. The molecule has 2 aromatic rings. The fourth-order valence-corrected chi connectivity index (χ4v) is 5.17. The van der Waals surface area contributed by atoms with E-state index in [-0.39, 0.29) is 30.3 Å². The van der Waals surface area contributed by atoms with Crippen molar-refractivity contribution in [3.8, 4) is 0 Å². The van der Waals surface area contributed by atoms with Crippen molar-refractivity contribution in [3.05, 3.63) is 64.2 Å². The van der Waals surface area contributed by atoms with E-state index in [0.29, 0.717) is 24.3 Å². The molecule has 41 heavy (non-hydrogen) atoms. The molecule has 14 heteroatoms. The highest BCUT2D eigenvalue weighted by Gasteiger charge is 2.46. The van der Waals surface area contributed by atoms with Crippen LogP contribution in [0.15, 0.2) is 36.4 Å².